The van der Waals surface area contributed by atoms with Gasteiger partial charge in [-0.3, -0.25) is 4.90 Å². The topological polar surface area (TPSA) is 60.0 Å². The van der Waals surface area contributed by atoms with Gasteiger partial charge in [-0.05, 0) is 30.5 Å². The van der Waals surface area contributed by atoms with E-state index in [0.29, 0.717) is 5.95 Å². The summed E-state index contributed by atoms with van der Waals surface area (Å²) in [4.78, 5) is 13.2. The molecule has 1 aliphatic rings. The minimum atomic E-state index is 0.280. The van der Waals surface area contributed by atoms with E-state index in [-0.39, 0.29) is 6.10 Å². The molecule has 0 radical (unpaired) electrons. The third-order valence-electron chi connectivity index (χ3n) is 4.84. The molecule has 0 bridgehead atoms. The minimum absolute atomic E-state index is 0.280. The first kappa shape index (κ1) is 20.4. The van der Waals surface area contributed by atoms with Crippen molar-refractivity contribution in [3.63, 3.8) is 0 Å². The van der Waals surface area contributed by atoms with E-state index in [9.17, 15) is 0 Å². The van der Waals surface area contributed by atoms with Crippen molar-refractivity contribution in [1.82, 2.24) is 14.9 Å². The number of nitrogens with zero attached hydrogens (tertiary/aromatic N) is 4. The molecule has 1 atom stereocenters. The number of anilines is 1. The van der Waals surface area contributed by atoms with Crippen molar-refractivity contribution < 1.29 is 14.2 Å². The molecule has 3 rings (SSSR count). The van der Waals surface area contributed by atoms with Crippen molar-refractivity contribution in [2.45, 2.75) is 32.0 Å². The third kappa shape index (κ3) is 5.33. The fourth-order valence-corrected chi connectivity index (χ4v) is 3.42. The van der Waals surface area contributed by atoms with Gasteiger partial charge in [-0.25, -0.2) is 9.97 Å². The minimum Gasteiger partial charge on any atom is -0.493 e. The first-order chi connectivity index (χ1) is 13.6. The van der Waals surface area contributed by atoms with Crippen LogP contribution in [-0.2, 0) is 17.8 Å². The summed E-state index contributed by atoms with van der Waals surface area (Å²) in [5, 5.41) is 0. The second-order valence-corrected chi connectivity index (χ2v) is 7.28. The molecule has 0 N–H and O–H groups in total. The number of aromatic nitrogens is 2. The zero-order valence-electron chi connectivity index (χ0n) is 17.2. The smallest absolute Gasteiger partial charge is 0.224 e. The lowest BCUT2D eigenvalue weighted by Crippen LogP contribution is -2.31. The summed E-state index contributed by atoms with van der Waals surface area (Å²) in [6.45, 7) is 3.29. The zero-order chi connectivity index (χ0) is 19.9. The third-order valence-corrected chi connectivity index (χ3v) is 4.84. The molecule has 2 aromatic rings. The van der Waals surface area contributed by atoms with Gasteiger partial charge in [-0.2, -0.15) is 0 Å². The highest BCUT2D eigenvalue weighted by atomic mass is 16.5. The Balaban J connectivity index is 1.74. The maximum absolute atomic E-state index is 5.87. The first-order valence-corrected chi connectivity index (χ1v) is 9.62. The van der Waals surface area contributed by atoms with Crippen LogP contribution in [0.1, 0.15) is 24.0 Å². The molecule has 28 heavy (non-hydrogen) atoms. The van der Waals surface area contributed by atoms with Crippen molar-refractivity contribution in [1.29, 1.82) is 0 Å². The lowest BCUT2D eigenvalue weighted by atomic mass is 10.1. The molecule has 0 spiro atoms. The molecular weight excluding hydrogens is 356 g/mol. The fraction of sp³-hybridized carbons (Fsp3) is 0.524. The zero-order valence-corrected chi connectivity index (χ0v) is 17.2. The average molecular weight is 386 g/mol. The molecule has 1 fully saturated rings. The molecule has 1 aromatic heterocycles. The van der Waals surface area contributed by atoms with Gasteiger partial charge in [0.25, 0.3) is 0 Å². The van der Waals surface area contributed by atoms with Gasteiger partial charge in [0.2, 0.25) is 5.95 Å². The Morgan fingerprint density at radius 1 is 1.04 bits per heavy atom. The van der Waals surface area contributed by atoms with E-state index in [1.54, 1.807) is 14.2 Å². The van der Waals surface area contributed by atoms with Gasteiger partial charge in [-0.1, -0.05) is 6.07 Å². The summed E-state index contributed by atoms with van der Waals surface area (Å²) in [5.74, 6) is 2.20. The van der Waals surface area contributed by atoms with E-state index < -0.39 is 0 Å². The van der Waals surface area contributed by atoms with E-state index in [1.807, 2.05) is 43.5 Å². The van der Waals surface area contributed by atoms with Crippen LogP contribution in [0, 0.1) is 0 Å². The summed E-state index contributed by atoms with van der Waals surface area (Å²) < 4.78 is 16.7. The molecule has 0 saturated carbocycles. The maximum atomic E-state index is 5.87. The van der Waals surface area contributed by atoms with Gasteiger partial charge in [0, 0.05) is 58.3 Å². The van der Waals surface area contributed by atoms with E-state index in [2.05, 4.69) is 20.9 Å². The molecule has 1 aromatic carbocycles. The van der Waals surface area contributed by atoms with E-state index >= 15 is 0 Å². The molecule has 7 nitrogen and oxygen atoms in total. The molecule has 152 valence electrons. The van der Waals surface area contributed by atoms with E-state index in [4.69, 9.17) is 14.2 Å². The van der Waals surface area contributed by atoms with Crippen LogP contribution in [0.5, 0.6) is 11.5 Å². The summed E-state index contributed by atoms with van der Waals surface area (Å²) >= 11 is 0. The van der Waals surface area contributed by atoms with Crippen LogP contribution in [0.2, 0.25) is 0 Å². The van der Waals surface area contributed by atoms with E-state index in [0.717, 1.165) is 56.1 Å². The highest BCUT2D eigenvalue weighted by molar-refractivity contribution is 5.42. The second-order valence-electron chi connectivity index (χ2n) is 7.28. The predicted molar refractivity (Wildman–Crippen MR) is 109 cm³/mol. The summed E-state index contributed by atoms with van der Waals surface area (Å²) in [5.41, 5.74) is 2.26. The molecule has 2 heterocycles. The predicted octanol–water partition coefficient (Wildman–Crippen LogP) is 2.74. The molecule has 1 unspecified atom stereocenters. The van der Waals surface area contributed by atoms with Crippen LogP contribution in [0.3, 0.4) is 0 Å². The Morgan fingerprint density at radius 2 is 1.75 bits per heavy atom. The van der Waals surface area contributed by atoms with Gasteiger partial charge >= 0.3 is 0 Å². The van der Waals surface area contributed by atoms with Crippen molar-refractivity contribution in [3.8, 4) is 11.5 Å². The number of hydrogen-bond acceptors (Lipinski definition) is 7. The number of rotatable bonds is 9. The van der Waals surface area contributed by atoms with Crippen LogP contribution < -0.4 is 14.4 Å². The highest BCUT2D eigenvalue weighted by Gasteiger charge is 2.20. The quantitative estimate of drug-likeness (QED) is 0.657. The summed E-state index contributed by atoms with van der Waals surface area (Å²) in [6.07, 6.45) is 6.33. The highest BCUT2D eigenvalue weighted by Crippen LogP contribution is 2.28. The standard InChI is InChI=1S/C21H30N4O3/c1-24(2)21-22-11-17(12-23-21)14-25(15-18-6-5-9-28-18)13-16-7-8-19(26-3)20(10-16)27-4/h7-8,10-12,18H,5-6,9,13-15H2,1-4H3. The summed E-state index contributed by atoms with van der Waals surface area (Å²) in [6, 6.07) is 6.07. The SMILES string of the molecule is COc1ccc(CN(Cc2cnc(N(C)C)nc2)CC2CCCO2)cc1OC. The van der Waals surface area contributed by atoms with Gasteiger partial charge in [0.05, 0.1) is 20.3 Å². The van der Waals surface area contributed by atoms with Gasteiger partial charge < -0.3 is 19.1 Å². The Bertz CT molecular complexity index is 746. The van der Waals surface area contributed by atoms with Crippen molar-refractivity contribution in [2.24, 2.45) is 0 Å². The number of ether oxygens (including phenoxy) is 3. The lowest BCUT2D eigenvalue weighted by molar-refractivity contribution is 0.0678. The number of hydrogen-bond donors (Lipinski definition) is 0. The number of methoxy groups -OCH3 is 2. The van der Waals surface area contributed by atoms with Crippen LogP contribution >= 0.6 is 0 Å². The Kier molecular flexibility index (Phi) is 7.06. The Hall–Kier alpha value is -2.38. The van der Waals surface area contributed by atoms with Gasteiger partial charge in [0.15, 0.2) is 11.5 Å². The van der Waals surface area contributed by atoms with Crippen molar-refractivity contribution >= 4 is 5.95 Å². The fourth-order valence-electron chi connectivity index (χ4n) is 3.42. The number of benzene rings is 1. The van der Waals surface area contributed by atoms with Gasteiger partial charge in [-0.15, -0.1) is 0 Å². The molecule has 1 aliphatic heterocycles. The Morgan fingerprint density at radius 3 is 2.36 bits per heavy atom. The van der Waals surface area contributed by atoms with Crippen LogP contribution in [0.4, 0.5) is 5.95 Å². The van der Waals surface area contributed by atoms with Crippen molar-refractivity contribution in [3.05, 3.63) is 41.7 Å². The molecule has 0 amide bonds. The molecule has 0 aliphatic carbocycles. The monoisotopic (exact) mass is 386 g/mol. The maximum Gasteiger partial charge on any atom is 0.224 e. The van der Waals surface area contributed by atoms with Crippen LogP contribution in [0.15, 0.2) is 30.6 Å². The van der Waals surface area contributed by atoms with Crippen LogP contribution in [-0.4, -0.2) is 62.4 Å². The second kappa shape index (κ2) is 9.71. The van der Waals surface area contributed by atoms with Crippen LogP contribution in [0.25, 0.3) is 0 Å². The van der Waals surface area contributed by atoms with Gasteiger partial charge in [0.1, 0.15) is 0 Å². The first-order valence-electron chi connectivity index (χ1n) is 9.62. The lowest BCUT2D eigenvalue weighted by Gasteiger charge is -2.25. The largest absolute Gasteiger partial charge is 0.493 e. The normalized spacial score (nSPS) is 16.4. The Labute approximate surface area is 167 Å². The molecular formula is C21H30N4O3. The molecule has 1 saturated heterocycles. The van der Waals surface area contributed by atoms with Crippen molar-refractivity contribution in [2.75, 3.05) is 46.4 Å². The van der Waals surface area contributed by atoms with E-state index in [1.165, 1.54) is 5.56 Å². The summed E-state index contributed by atoms with van der Waals surface area (Å²) in [7, 11) is 7.19. The molecule has 7 heteroatoms. The average Bonchev–Trinajstić information content (AvgIpc) is 3.21.